The van der Waals surface area contributed by atoms with Gasteiger partial charge in [0.2, 0.25) is 0 Å². The van der Waals surface area contributed by atoms with Crippen molar-refractivity contribution in [1.29, 1.82) is 0 Å². The molecule has 1 aromatic heterocycles. The molecule has 1 heterocycles. The molecule has 2 N–H and O–H groups in total. The number of hydrogen-bond donors (Lipinski definition) is 2. The van der Waals surface area contributed by atoms with Crippen LogP contribution in [0.1, 0.15) is 5.56 Å². The summed E-state index contributed by atoms with van der Waals surface area (Å²) in [6.07, 6.45) is 3.24. The van der Waals surface area contributed by atoms with Crippen LogP contribution in [0, 0.1) is 11.6 Å². The van der Waals surface area contributed by atoms with Gasteiger partial charge in [-0.2, -0.15) is 9.37 Å². The van der Waals surface area contributed by atoms with Gasteiger partial charge in [-0.1, -0.05) is 6.07 Å². The summed E-state index contributed by atoms with van der Waals surface area (Å²) in [5, 5.41) is 2.67. The minimum Gasteiger partial charge on any atom is -0.280 e. The van der Waals surface area contributed by atoms with Crippen LogP contribution in [0.15, 0.2) is 71.9 Å². The number of carbonyl (C=O) groups is 1. The number of pyridine rings is 1. The van der Waals surface area contributed by atoms with Crippen molar-refractivity contribution < 1.29 is 26.6 Å². The second kappa shape index (κ2) is 8.78. The van der Waals surface area contributed by atoms with E-state index in [1.807, 2.05) is 0 Å². The Morgan fingerprint density at radius 3 is 2.43 bits per heavy atom. The van der Waals surface area contributed by atoms with Gasteiger partial charge in [0, 0.05) is 24.0 Å². The van der Waals surface area contributed by atoms with Crippen molar-refractivity contribution in [2.45, 2.75) is 11.4 Å². The molecule has 0 aliphatic carbocycles. The molecule has 3 aromatic rings. The molecule has 0 aliphatic heterocycles. The molecule has 0 unspecified atom stereocenters. The zero-order valence-corrected chi connectivity index (χ0v) is 16.4. The van der Waals surface area contributed by atoms with Crippen LogP contribution in [0.4, 0.5) is 25.0 Å². The first-order valence-electron chi connectivity index (χ1n) is 8.61. The zero-order chi connectivity index (χ0) is 21.7. The SMILES string of the molecule is C=[N+](C(=O)NCc1cccnc1)c1ccc(S(=O)(=O)Nc2ccc(F)c(F)c2)cc1. The lowest BCUT2D eigenvalue weighted by Crippen LogP contribution is -2.29. The van der Waals surface area contributed by atoms with Gasteiger partial charge in [-0.25, -0.2) is 22.5 Å². The molecule has 0 spiro atoms. The van der Waals surface area contributed by atoms with Crippen molar-refractivity contribution in [2.24, 2.45) is 0 Å². The van der Waals surface area contributed by atoms with Gasteiger partial charge in [0.15, 0.2) is 11.6 Å². The average molecular weight is 431 g/mol. The van der Waals surface area contributed by atoms with Gasteiger partial charge < -0.3 is 0 Å². The van der Waals surface area contributed by atoms with E-state index in [4.69, 9.17) is 0 Å². The normalized spacial score (nSPS) is 11.0. The minimum atomic E-state index is -4.04. The molecule has 3 rings (SSSR count). The number of benzene rings is 2. The lowest BCUT2D eigenvalue weighted by atomic mass is 10.3. The van der Waals surface area contributed by atoms with Gasteiger partial charge in [-0.15, -0.1) is 0 Å². The fourth-order valence-electron chi connectivity index (χ4n) is 2.47. The van der Waals surface area contributed by atoms with E-state index in [-0.39, 0.29) is 17.1 Å². The molecule has 30 heavy (non-hydrogen) atoms. The molecule has 0 bridgehead atoms. The molecule has 0 fully saturated rings. The summed E-state index contributed by atoms with van der Waals surface area (Å²) in [4.78, 5) is 16.1. The molecule has 2 amide bonds. The first kappa shape index (κ1) is 21.1. The monoisotopic (exact) mass is 431 g/mol. The Morgan fingerprint density at radius 1 is 1.07 bits per heavy atom. The summed E-state index contributed by atoms with van der Waals surface area (Å²) in [5.41, 5.74) is 1.04. The first-order chi connectivity index (χ1) is 14.3. The largest absolute Gasteiger partial charge is 0.495 e. The van der Waals surface area contributed by atoms with Gasteiger partial charge >= 0.3 is 6.03 Å². The first-order valence-corrected chi connectivity index (χ1v) is 10.1. The van der Waals surface area contributed by atoms with E-state index in [0.29, 0.717) is 5.69 Å². The van der Waals surface area contributed by atoms with Crippen LogP contribution in [0.3, 0.4) is 0 Å². The fourth-order valence-corrected chi connectivity index (χ4v) is 3.52. The minimum absolute atomic E-state index is 0.119. The number of halogens is 2. The Balaban J connectivity index is 1.67. The Bertz CT molecular complexity index is 1180. The van der Waals surface area contributed by atoms with Gasteiger partial charge in [0.25, 0.3) is 10.0 Å². The van der Waals surface area contributed by atoms with Crippen LogP contribution < -0.4 is 10.0 Å². The third-order valence-corrected chi connectivity index (χ3v) is 5.44. The van der Waals surface area contributed by atoms with Crippen LogP contribution in [0.2, 0.25) is 0 Å². The summed E-state index contributed by atoms with van der Waals surface area (Å²) in [7, 11) is -4.04. The Hall–Kier alpha value is -3.66. The van der Waals surface area contributed by atoms with E-state index in [2.05, 4.69) is 21.7 Å². The van der Waals surface area contributed by atoms with Crippen molar-refractivity contribution >= 4 is 34.1 Å². The molecular formula is C20H17F2N4O3S+. The quantitative estimate of drug-likeness (QED) is 0.462. The number of hydrogen-bond acceptors (Lipinski definition) is 4. The Morgan fingerprint density at radius 2 is 1.80 bits per heavy atom. The smallest absolute Gasteiger partial charge is 0.280 e. The standard InChI is InChI=1S/C20H16F2N4O3S/c1-26(20(27)24-13-14-3-2-10-23-12-14)16-5-7-17(8-6-16)30(28,29)25-15-4-9-18(21)19(22)11-15/h2-12,25H,1,13H2/p+1. The van der Waals surface area contributed by atoms with Gasteiger partial charge in [-0.05, 0) is 42.5 Å². The van der Waals surface area contributed by atoms with Gasteiger partial charge in [-0.3, -0.25) is 9.71 Å². The van der Waals surface area contributed by atoms with E-state index in [1.54, 1.807) is 24.5 Å². The molecule has 0 saturated carbocycles. The Labute approximate surface area is 171 Å². The number of urea groups is 1. The molecule has 0 atom stereocenters. The maximum Gasteiger partial charge on any atom is 0.495 e. The molecule has 0 radical (unpaired) electrons. The summed E-state index contributed by atoms with van der Waals surface area (Å²) in [6, 6.07) is 11.1. The number of anilines is 1. The Kier molecular flexibility index (Phi) is 6.17. The van der Waals surface area contributed by atoms with E-state index in [1.165, 1.54) is 24.3 Å². The topological polar surface area (TPSA) is 91.2 Å². The average Bonchev–Trinajstić information content (AvgIpc) is 2.74. The second-order valence-corrected chi connectivity index (χ2v) is 7.86. The highest BCUT2D eigenvalue weighted by Crippen LogP contribution is 2.20. The summed E-state index contributed by atoms with van der Waals surface area (Å²) in [6.45, 7) is 3.91. The number of nitrogens with zero attached hydrogens (tertiary/aromatic N) is 2. The highest BCUT2D eigenvalue weighted by atomic mass is 32.2. The van der Waals surface area contributed by atoms with E-state index >= 15 is 0 Å². The highest BCUT2D eigenvalue weighted by Gasteiger charge is 2.19. The van der Waals surface area contributed by atoms with Crippen molar-refractivity contribution in [3.05, 3.63) is 84.2 Å². The van der Waals surface area contributed by atoms with Crippen LogP contribution in [0.25, 0.3) is 0 Å². The summed E-state index contributed by atoms with van der Waals surface area (Å²) in [5.74, 6) is -2.25. The number of nitrogens with one attached hydrogen (secondary N) is 2. The van der Waals surface area contributed by atoms with E-state index in [9.17, 15) is 22.0 Å². The molecule has 10 heteroatoms. The third-order valence-electron chi connectivity index (χ3n) is 4.04. The lowest BCUT2D eigenvalue weighted by molar-refractivity contribution is -0.323. The summed E-state index contributed by atoms with van der Waals surface area (Å²) < 4.78 is 54.4. The number of aromatic nitrogens is 1. The van der Waals surface area contributed by atoms with Crippen LogP contribution >= 0.6 is 0 Å². The number of sulfonamides is 1. The predicted molar refractivity (Wildman–Crippen MR) is 107 cm³/mol. The zero-order valence-electron chi connectivity index (χ0n) is 15.5. The lowest BCUT2D eigenvalue weighted by Gasteiger charge is -2.09. The molecular weight excluding hydrogens is 414 g/mol. The number of carbonyl (C=O) groups excluding carboxylic acids is 1. The van der Waals surface area contributed by atoms with Crippen molar-refractivity contribution in [2.75, 3.05) is 4.72 Å². The van der Waals surface area contributed by atoms with Crippen molar-refractivity contribution in [1.82, 2.24) is 10.3 Å². The second-order valence-electron chi connectivity index (χ2n) is 6.18. The highest BCUT2D eigenvalue weighted by molar-refractivity contribution is 7.92. The maximum atomic E-state index is 13.3. The van der Waals surface area contributed by atoms with E-state index < -0.39 is 27.7 Å². The molecule has 154 valence electrons. The van der Waals surface area contributed by atoms with E-state index in [0.717, 1.165) is 28.3 Å². The van der Waals surface area contributed by atoms with Gasteiger partial charge in [0.05, 0.1) is 17.3 Å². The maximum absolute atomic E-state index is 13.3. The predicted octanol–water partition coefficient (Wildman–Crippen LogP) is 3.42. The molecule has 0 saturated heterocycles. The number of amides is 2. The summed E-state index contributed by atoms with van der Waals surface area (Å²) >= 11 is 0. The fraction of sp³-hybridized carbons (Fsp3) is 0.0500. The molecule has 2 aromatic carbocycles. The third kappa shape index (κ3) is 5.03. The molecule has 0 aliphatic rings. The van der Waals surface area contributed by atoms with Crippen molar-refractivity contribution in [3.63, 3.8) is 0 Å². The van der Waals surface area contributed by atoms with Crippen molar-refractivity contribution in [3.8, 4) is 0 Å². The van der Waals surface area contributed by atoms with Crippen LogP contribution in [-0.2, 0) is 16.6 Å². The van der Waals surface area contributed by atoms with Crippen LogP contribution in [-0.4, -0.2) is 30.7 Å². The van der Waals surface area contributed by atoms with Gasteiger partial charge in [0.1, 0.15) is 12.2 Å². The number of rotatable bonds is 6. The van der Waals surface area contributed by atoms with Crippen LogP contribution in [0.5, 0.6) is 0 Å². The molecule has 7 nitrogen and oxygen atoms in total.